The van der Waals surface area contributed by atoms with E-state index in [1.807, 2.05) is 41.8 Å². The van der Waals surface area contributed by atoms with Gasteiger partial charge in [-0.2, -0.15) is 0 Å². The average Bonchev–Trinajstić information content (AvgIpc) is 3.57. The molecule has 182 valence electrons. The highest BCUT2D eigenvalue weighted by Crippen LogP contribution is 2.31. The number of ketones is 1. The van der Waals surface area contributed by atoms with Gasteiger partial charge in [0, 0.05) is 22.2 Å². The van der Waals surface area contributed by atoms with Gasteiger partial charge >= 0.3 is 0 Å². The third kappa shape index (κ3) is 6.06. The van der Waals surface area contributed by atoms with Crippen LogP contribution in [0.2, 0.25) is 0 Å². The van der Waals surface area contributed by atoms with Crippen LogP contribution in [-0.2, 0) is 22.4 Å². The fourth-order valence-corrected chi connectivity index (χ4v) is 5.34. The lowest BCUT2D eigenvalue weighted by Crippen LogP contribution is -2.46. The van der Waals surface area contributed by atoms with Gasteiger partial charge in [-0.05, 0) is 73.0 Å². The van der Waals surface area contributed by atoms with Crippen molar-refractivity contribution in [3.05, 3.63) is 87.6 Å². The lowest BCUT2D eigenvalue weighted by atomic mass is 9.99. The Labute approximate surface area is 211 Å². The van der Waals surface area contributed by atoms with Gasteiger partial charge in [0.05, 0.1) is 6.42 Å². The van der Waals surface area contributed by atoms with Gasteiger partial charge in [0.25, 0.3) is 0 Å². The molecule has 1 aliphatic rings. The van der Waals surface area contributed by atoms with E-state index in [-0.39, 0.29) is 30.1 Å². The summed E-state index contributed by atoms with van der Waals surface area (Å²) in [5.74, 6) is -0.371. The molecule has 35 heavy (non-hydrogen) atoms. The third-order valence-electron chi connectivity index (χ3n) is 6.64. The Kier molecular flexibility index (Phi) is 8.13. The van der Waals surface area contributed by atoms with E-state index in [9.17, 15) is 14.4 Å². The summed E-state index contributed by atoms with van der Waals surface area (Å²) in [5, 5.41) is 5.16. The van der Waals surface area contributed by atoms with Crippen LogP contribution in [0.5, 0.6) is 0 Å². The van der Waals surface area contributed by atoms with Crippen molar-refractivity contribution in [3.8, 4) is 0 Å². The minimum absolute atomic E-state index is 0.0429. The van der Waals surface area contributed by atoms with Crippen LogP contribution in [0.3, 0.4) is 0 Å². The summed E-state index contributed by atoms with van der Waals surface area (Å²) in [6, 6.07) is 18.1. The number of hydrogen-bond acceptors (Lipinski definition) is 4. The molecule has 1 fully saturated rings. The third-order valence-corrected chi connectivity index (χ3v) is 7.51. The monoisotopic (exact) mass is 488 g/mol. The highest BCUT2D eigenvalue weighted by atomic mass is 32.1. The number of thiophene rings is 1. The summed E-state index contributed by atoms with van der Waals surface area (Å²) in [6.45, 7) is 3.61. The van der Waals surface area contributed by atoms with E-state index < -0.39 is 6.04 Å². The number of carbonyl (C=O) groups is 3. The SMILES string of the molecule is CCc1ccc(C(C(=O)NC2CCCC2)N(C(=O)Cc2cccs2)c2ccc(C(C)=O)cc2)cc1. The van der Waals surface area contributed by atoms with E-state index in [4.69, 9.17) is 0 Å². The number of Topliss-reactive ketones (excluding diaryl/α,β-unsaturated/α-hetero) is 1. The first-order chi connectivity index (χ1) is 17.0. The lowest BCUT2D eigenvalue weighted by Gasteiger charge is -2.32. The summed E-state index contributed by atoms with van der Waals surface area (Å²) in [7, 11) is 0. The molecule has 4 rings (SSSR count). The molecule has 0 saturated heterocycles. The number of anilines is 1. The highest BCUT2D eigenvalue weighted by Gasteiger charge is 2.34. The summed E-state index contributed by atoms with van der Waals surface area (Å²) >= 11 is 1.52. The molecule has 1 aliphatic carbocycles. The number of nitrogens with one attached hydrogen (secondary N) is 1. The normalized spacial score (nSPS) is 14.5. The number of benzene rings is 2. The van der Waals surface area contributed by atoms with Gasteiger partial charge in [-0.3, -0.25) is 19.3 Å². The van der Waals surface area contributed by atoms with Crippen LogP contribution in [-0.4, -0.2) is 23.6 Å². The van der Waals surface area contributed by atoms with E-state index in [0.29, 0.717) is 11.3 Å². The molecule has 0 aliphatic heterocycles. The number of nitrogens with zero attached hydrogens (tertiary/aromatic N) is 1. The van der Waals surface area contributed by atoms with Gasteiger partial charge in [0.15, 0.2) is 5.78 Å². The van der Waals surface area contributed by atoms with Crippen LogP contribution in [0.1, 0.15) is 71.9 Å². The molecule has 0 bridgehead atoms. The molecule has 0 spiro atoms. The van der Waals surface area contributed by atoms with Crippen molar-refractivity contribution in [1.29, 1.82) is 0 Å². The first-order valence-corrected chi connectivity index (χ1v) is 13.2. The van der Waals surface area contributed by atoms with Crippen molar-refractivity contribution in [2.24, 2.45) is 0 Å². The molecule has 1 saturated carbocycles. The molecular weight excluding hydrogens is 456 g/mol. The first kappa shape index (κ1) is 24.9. The second kappa shape index (κ2) is 11.5. The van der Waals surface area contributed by atoms with Crippen molar-refractivity contribution in [1.82, 2.24) is 5.32 Å². The van der Waals surface area contributed by atoms with E-state index in [1.165, 1.54) is 23.8 Å². The largest absolute Gasteiger partial charge is 0.351 e. The van der Waals surface area contributed by atoms with Gasteiger partial charge in [0.2, 0.25) is 11.8 Å². The minimum atomic E-state index is -0.808. The van der Waals surface area contributed by atoms with E-state index in [2.05, 4.69) is 12.2 Å². The van der Waals surface area contributed by atoms with Gasteiger partial charge in [-0.15, -0.1) is 11.3 Å². The molecule has 1 atom stereocenters. The molecule has 6 heteroatoms. The second-order valence-electron chi connectivity index (χ2n) is 9.11. The van der Waals surface area contributed by atoms with Crippen LogP contribution in [0.4, 0.5) is 5.69 Å². The van der Waals surface area contributed by atoms with Crippen LogP contribution in [0.25, 0.3) is 0 Å². The van der Waals surface area contributed by atoms with Crippen LogP contribution in [0, 0.1) is 0 Å². The van der Waals surface area contributed by atoms with Crippen molar-refractivity contribution in [2.45, 2.75) is 64.5 Å². The number of hydrogen-bond donors (Lipinski definition) is 1. The van der Waals surface area contributed by atoms with Gasteiger partial charge < -0.3 is 5.32 Å². The lowest BCUT2D eigenvalue weighted by molar-refractivity contribution is -0.127. The molecule has 3 aromatic rings. The number of carbonyl (C=O) groups excluding carboxylic acids is 3. The van der Waals surface area contributed by atoms with Crippen molar-refractivity contribution in [3.63, 3.8) is 0 Å². The molecule has 1 aromatic heterocycles. The zero-order valence-electron chi connectivity index (χ0n) is 20.3. The highest BCUT2D eigenvalue weighted by molar-refractivity contribution is 7.10. The quantitative estimate of drug-likeness (QED) is 0.382. The molecule has 0 radical (unpaired) electrons. The van der Waals surface area contributed by atoms with Crippen LogP contribution >= 0.6 is 11.3 Å². The first-order valence-electron chi connectivity index (χ1n) is 12.3. The van der Waals surface area contributed by atoms with Gasteiger partial charge in [-0.25, -0.2) is 0 Å². The van der Waals surface area contributed by atoms with E-state index in [0.717, 1.165) is 42.5 Å². The molecule has 2 aromatic carbocycles. The maximum absolute atomic E-state index is 13.8. The Morgan fingerprint density at radius 3 is 2.26 bits per heavy atom. The molecule has 1 unspecified atom stereocenters. The average molecular weight is 489 g/mol. The number of aryl methyl sites for hydroxylation is 1. The maximum Gasteiger partial charge on any atom is 0.248 e. The van der Waals surface area contributed by atoms with Crippen LogP contribution in [0.15, 0.2) is 66.0 Å². The smallest absolute Gasteiger partial charge is 0.248 e. The zero-order chi connectivity index (χ0) is 24.8. The molecule has 1 heterocycles. The Hall–Kier alpha value is -3.25. The topological polar surface area (TPSA) is 66.5 Å². The van der Waals surface area contributed by atoms with Crippen molar-refractivity contribution >= 4 is 34.6 Å². The van der Waals surface area contributed by atoms with Crippen molar-refractivity contribution < 1.29 is 14.4 Å². The summed E-state index contributed by atoms with van der Waals surface area (Å²) in [6.07, 6.45) is 5.23. The molecule has 2 amide bonds. The zero-order valence-corrected chi connectivity index (χ0v) is 21.1. The summed E-state index contributed by atoms with van der Waals surface area (Å²) < 4.78 is 0. The Bertz CT molecular complexity index is 1150. The Morgan fingerprint density at radius 1 is 1.00 bits per heavy atom. The summed E-state index contributed by atoms with van der Waals surface area (Å²) in [5.41, 5.74) is 3.11. The van der Waals surface area contributed by atoms with E-state index in [1.54, 1.807) is 29.2 Å². The predicted molar refractivity (Wildman–Crippen MR) is 141 cm³/mol. The summed E-state index contributed by atoms with van der Waals surface area (Å²) in [4.78, 5) is 42.0. The Balaban J connectivity index is 1.76. The van der Waals surface area contributed by atoms with E-state index >= 15 is 0 Å². The Morgan fingerprint density at radius 2 is 1.69 bits per heavy atom. The fraction of sp³-hybridized carbons (Fsp3) is 0.345. The fourth-order valence-electron chi connectivity index (χ4n) is 4.64. The molecule has 1 N–H and O–H groups in total. The molecular formula is C29H32N2O3S. The number of amides is 2. The predicted octanol–water partition coefficient (Wildman–Crippen LogP) is 5.89. The maximum atomic E-state index is 13.8. The standard InChI is InChI=1S/C29H32N2O3S/c1-3-21-10-12-23(13-11-21)28(29(34)30-24-7-4-5-8-24)31(27(33)19-26-9-6-18-35-26)25-16-14-22(15-17-25)20(2)32/h6,9-18,24,28H,3-5,7-8,19H2,1-2H3,(H,30,34). The van der Waals surface area contributed by atoms with Gasteiger partial charge in [-0.1, -0.05) is 50.1 Å². The van der Waals surface area contributed by atoms with Crippen LogP contribution < -0.4 is 10.2 Å². The second-order valence-corrected chi connectivity index (χ2v) is 10.1. The van der Waals surface area contributed by atoms with Gasteiger partial charge in [0.1, 0.15) is 6.04 Å². The number of rotatable bonds is 9. The van der Waals surface area contributed by atoms with Crippen molar-refractivity contribution in [2.75, 3.05) is 4.90 Å². The molecule has 5 nitrogen and oxygen atoms in total. The minimum Gasteiger partial charge on any atom is -0.351 e.